The second-order valence-corrected chi connectivity index (χ2v) is 2.72. The summed E-state index contributed by atoms with van der Waals surface area (Å²) in [5.41, 5.74) is -1.80. The van der Waals surface area contributed by atoms with Crippen LogP contribution in [0, 0.1) is 10.1 Å². The molecule has 0 bridgehead atoms. The lowest BCUT2D eigenvalue weighted by molar-refractivity contribution is -0.386. The van der Waals surface area contributed by atoms with E-state index < -0.39 is 41.0 Å². The predicted octanol–water partition coefficient (Wildman–Crippen LogP) is 2.06. The summed E-state index contributed by atoms with van der Waals surface area (Å²) in [4.78, 5) is 12.2. The Morgan fingerprint density at radius 2 is 2.12 bits per heavy atom. The average Bonchev–Trinajstić information content (AvgIpc) is 2.18. The normalized spacial score (nSPS) is 11.3. The molecular formula is C7H4F4N2O4. The van der Waals surface area contributed by atoms with Gasteiger partial charge in [0.1, 0.15) is 6.67 Å². The number of nitro groups is 1. The van der Waals surface area contributed by atoms with Crippen LogP contribution >= 0.6 is 0 Å². The molecule has 0 radical (unpaired) electrons. The van der Waals surface area contributed by atoms with E-state index in [0.29, 0.717) is 6.07 Å². The van der Waals surface area contributed by atoms with Gasteiger partial charge in [-0.3, -0.25) is 10.1 Å². The molecule has 0 aliphatic heterocycles. The fraction of sp³-hybridized carbons (Fsp3) is 0.286. The lowest BCUT2D eigenvalue weighted by atomic mass is 10.3. The standard InChI is InChI=1S/C7H4F4N2O4/c8-2-3-4(13(15)16)1-5(14)6(12-3)17-7(9,10)11/h1,14H,2H2. The summed E-state index contributed by atoms with van der Waals surface area (Å²) in [6, 6.07) is 0.336. The summed E-state index contributed by atoms with van der Waals surface area (Å²) in [6.07, 6.45) is -5.14. The minimum Gasteiger partial charge on any atom is -0.503 e. The zero-order valence-electron chi connectivity index (χ0n) is 7.86. The fourth-order valence-electron chi connectivity index (χ4n) is 0.953. The maximum Gasteiger partial charge on any atom is 0.574 e. The van der Waals surface area contributed by atoms with Gasteiger partial charge < -0.3 is 9.84 Å². The molecule has 6 nitrogen and oxygen atoms in total. The van der Waals surface area contributed by atoms with Gasteiger partial charge >= 0.3 is 6.36 Å². The van der Waals surface area contributed by atoms with E-state index in [0.717, 1.165) is 0 Å². The molecule has 94 valence electrons. The van der Waals surface area contributed by atoms with E-state index in [2.05, 4.69) is 9.72 Å². The third-order valence-corrected chi connectivity index (χ3v) is 1.56. The van der Waals surface area contributed by atoms with E-state index >= 15 is 0 Å². The Balaban J connectivity index is 3.23. The Bertz CT molecular complexity index is 448. The van der Waals surface area contributed by atoms with E-state index in [-0.39, 0.29) is 0 Å². The minimum atomic E-state index is -5.14. The number of aromatic hydroxyl groups is 1. The molecule has 0 atom stereocenters. The quantitative estimate of drug-likeness (QED) is 0.508. The number of alkyl halides is 4. The smallest absolute Gasteiger partial charge is 0.503 e. The van der Waals surface area contributed by atoms with Crippen LogP contribution in [-0.2, 0) is 6.67 Å². The largest absolute Gasteiger partial charge is 0.574 e. The molecule has 0 aliphatic rings. The number of aromatic nitrogens is 1. The van der Waals surface area contributed by atoms with Crippen LogP contribution in [0.4, 0.5) is 23.2 Å². The van der Waals surface area contributed by atoms with E-state index in [1.54, 1.807) is 0 Å². The Hall–Kier alpha value is -2.13. The van der Waals surface area contributed by atoms with Crippen molar-refractivity contribution in [3.8, 4) is 11.6 Å². The highest BCUT2D eigenvalue weighted by Crippen LogP contribution is 2.34. The molecule has 10 heteroatoms. The van der Waals surface area contributed by atoms with Gasteiger partial charge in [0, 0.05) is 0 Å². The first kappa shape index (κ1) is 12.9. The summed E-state index contributed by atoms with van der Waals surface area (Å²) >= 11 is 0. The Kier molecular flexibility index (Phi) is 3.34. The molecule has 0 fully saturated rings. The first-order valence-corrected chi connectivity index (χ1v) is 3.93. The maximum absolute atomic E-state index is 12.3. The molecule has 0 saturated carbocycles. The van der Waals surface area contributed by atoms with Crippen LogP contribution in [-0.4, -0.2) is 21.4 Å². The highest BCUT2D eigenvalue weighted by atomic mass is 19.4. The van der Waals surface area contributed by atoms with Crippen molar-refractivity contribution in [2.45, 2.75) is 13.0 Å². The van der Waals surface area contributed by atoms with Crippen LogP contribution in [0.5, 0.6) is 11.6 Å². The summed E-state index contributed by atoms with van der Waals surface area (Å²) in [5.74, 6) is -2.54. The van der Waals surface area contributed by atoms with Crippen molar-refractivity contribution in [2.75, 3.05) is 0 Å². The van der Waals surface area contributed by atoms with Crippen molar-refractivity contribution in [3.63, 3.8) is 0 Å². The molecule has 0 unspecified atom stereocenters. The summed E-state index contributed by atoms with van der Waals surface area (Å²) < 4.78 is 51.0. The summed E-state index contributed by atoms with van der Waals surface area (Å²) in [7, 11) is 0. The van der Waals surface area contributed by atoms with Crippen molar-refractivity contribution in [3.05, 3.63) is 21.9 Å². The van der Waals surface area contributed by atoms with Gasteiger partial charge in [0.2, 0.25) is 0 Å². The second-order valence-electron chi connectivity index (χ2n) is 2.72. The van der Waals surface area contributed by atoms with Crippen LogP contribution in [0.3, 0.4) is 0 Å². The van der Waals surface area contributed by atoms with E-state index in [1.165, 1.54) is 0 Å². The third-order valence-electron chi connectivity index (χ3n) is 1.56. The van der Waals surface area contributed by atoms with Crippen LogP contribution in [0.15, 0.2) is 6.07 Å². The van der Waals surface area contributed by atoms with Gasteiger partial charge in [-0.25, -0.2) is 9.37 Å². The fourth-order valence-corrected chi connectivity index (χ4v) is 0.953. The molecule has 1 aromatic rings. The topological polar surface area (TPSA) is 85.5 Å². The van der Waals surface area contributed by atoms with Gasteiger partial charge in [0.05, 0.1) is 11.0 Å². The molecule has 0 saturated heterocycles. The Morgan fingerprint density at radius 1 is 1.53 bits per heavy atom. The van der Waals surface area contributed by atoms with Gasteiger partial charge in [-0.2, -0.15) is 0 Å². The van der Waals surface area contributed by atoms with Gasteiger partial charge in [-0.05, 0) is 0 Å². The van der Waals surface area contributed by atoms with Crippen molar-refractivity contribution in [1.29, 1.82) is 0 Å². The lowest BCUT2D eigenvalue weighted by Gasteiger charge is -2.09. The third kappa shape index (κ3) is 3.16. The first-order chi connectivity index (χ1) is 7.74. The summed E-state index contributed by atoms with van der Waals surface area (Å²) in [6.45, 7) is -1.47. The van der Waals surface area contributed by atoms with Crippen molar-refractivity contribution in [1.82, 2.24) is 4.98 Å². The van der Waals surface area contributed by atoms with Crippen molar-refractivity contribution >= 4 is 5.69 Å². The van der Waals surface area contributed by atoms with E-state index in [9.17, 15) is 27.7 Å². The highest BCUT2D eigenvalue weighted by Gasteiger charge is 2.34. The number of pyridine rings is 1. The van der Waals surface area contributed by atoms with E-state index in [1.807, 2.05) is 0 Å². The molecule has 17 heavy (non-hydrogen) atoms. The highest BCUT2D eigenvalue weighted by molar-refractivity contribution is 5.46. The number of nitrogens with zero attached hydrogens (tertiary/aromatic N) is 2. The second kappa shape index (κ2) is 4.39. The Morgan fingerprint density at radius 3 is 2.53 bits per heavy atom. The molecule has 1 aromatic heterocycles. The molecule has 0 amide bonds. The average molecular weight is 256 g/mol. The molecule has 0 aliphatic carbocycles. The lowest BCUT2D eigenvalue weighted by Crippen LogP contribution is -2.18. The zero-order valence-corrected chi connectivity index (χ0v) is 7.86. The number of ether oxygens (including phenoxy) is 1. The van der Waals surface area contributed by atoms with Crippen molar-refractivity contribution in [2.24, 2.45) is 0 Å². The van der Waals surface area contributed by atoms with Crippen LogP contribution in [0.2, 0.25) is 0 Å². The molecule has 0 spiro atoms. The molecule has 1 rings (SSSR count). The SMILES string of the molecule is O=[N+]([O-])c1cc(O)c(OC(F)(F)F)nc1CF. The number of halogens is 4. The number of hydrogen-bond donors (Lipinski definition) is 1. The minimum absolute atomic E-state index is 0.336. The predicted molar refractivity (Wildman–Crippen MR) is 44.1 cm³/mol. The van der Waals surface area contributed by atoms with Crippen molar-refractivity contribution < 1.29 is 32.3 Å². The van der Waals surface area contributed by atoms with Gasteiger partial charge in [-0.1, -0.05) is 0 Å². The van der Waals surface area contributed by atoms with Gasteiger partial charge in [0.15, 0.2) is 11.4 Å². The van der Waals surface area contributed by atoms with Crippen LogP contribution in [0.1, 0.15) is 5.69 Å². The van der Waals surface area contributed by atoms with Crippen LogP contribution < -0.4 is 4.74 Å². The zero-order chi connectivity index (χ0) is 13.2. The van der Waals surface area contributed by atoms with Gasteiger partial charge in [-0.15, -0.1) is 13.2 Å². The Labute approximate surface area is 90.6 Å². The summed E-state index contributed by atoms with van der Waals surface area (Å²) in [5, 5.41) is 19.4. The molecular weight excluding hydrogens is 252 g/mol. The monoisotopic (exact) mass is 256 g/mol. The van der Waals surface area contributed by atoms with E-state index in [4.69, 9.17) is 5.11 Å². The number of hydrogen-bond acceptors (Lipinski definition) is 5. The molecule has 1 heterocycles. The maximum atomic E-state index is 12.3. The first-order valence-electron chi connectivity index (χ1n) is 3.93. The molecule has 1 N–H and O–H groups in total. The number of rotatable bonds is 3. The molecule has 0 aromatic carbocycles. The van der Waals surface area contributed by atoms with Gasteiger partial charge in [0.25, 0.3) is 11.6 Å². The van der Waals surface area contributed by atoms with Crippen LogP contribution in [0.25, 0.3) is 0 Å².